The van der Waals surface area contributed by atoms with Crippen molar-refractivity contribution < 1.29 is 4.39 Å². The molecule has 0 amide bonds. The summed E-state index contributed by atoms with van der Waals surface area (Å²) in [6.45, 7) is 0.998. The third-order valence-electron chi connectivity index (χ3n) is 2.42. The zero-order valence-corrected chi connectivity index (χ0v) is 9.17. The van der Waals surface area contributed by atoms with Crippen molar-refractivity contribution in [2.24, 2.45) is 0 Å². The fraction of sp³-hybridized carbons (Fsp3) is 0.400. The molecule has 1 saturated heterocycles. The molecule has 2 rings (SSSR count). The highest BCUT2D eigenvalue weighted by atomic mass is 35.5. The maximum atomic E-state index is 13.1. The number of hydrogen-bond donors (Lipinski definition) is 1. The van der Waals surface area contributed by atoms with Crippen LogP contribution in [0.15, 0.2) is 18.2 Å². The highest BCUT2D eigenvalue weighted by molar-refractivity contribution is 6.31. The molecular formula is C10H12Cl2FN. The Kier molecular flexibility index (Phi) is 4.17. The SMILES string of the molecule is Cl.Fc1cccc([C@H]2CCCN2)c1Cl. The van der Waals surface area contributed by atoms with E-state index in [1.54, 1.807) is 6.07 Å². The highest BCUT2D eigenvalue weighted by Gasteiger charge is 2.19. The molecule has 1 fully saturated rings. The first-order valence-corrected chi connectivity index (χ1v) is 4.84. The van der Waals surface area contributed by atoms with Crippen LogP contribution < -0.4 is 5.32 Å². The lowest BCUT2D eigenvalue weighted by Gasteiger charge is -2.12. The van der Waals surface area contributed by atoms with Crippen molar-refractivity contribution in [3.63, 3.8) is 0 Å². The van der Waals surface area contributed by atoms with Crippen LogP contribution in [0.1, 0.15) is 24.4 Å². The van der Waals surface area contributed by atoms with Gasteiger partial charge >= 0.3 is 0 Å². The monoisotopic (exact) mass is 235 g/mol. The molecule has 1 aromatic rings. The number of rotatable bonds is 1. The molecule has 0 spiro atoms. The minimum absolute atomic E-state index is 0. The molecule has 1 N–H and O–H groups in total. The molecule has 0 saturated carbocycles. The average molecular weight is 236 g/mol. The van der Waals surface area contributed by atoms with Crippen molar-refractivity contribution >= 4 is 24.0 Å². The van der Waals surface area contributed by atoms with E-state index in [1.807, 2.05) is 6.07 Å². The summed E-state index contributed by atoms with van der Waals surface area (Å²) in [5, 5.41) is 3.56. The minimum Gasteiger partial charge on any atom is -0.310 e. The van der Waals surface area contributed by atoms with Crippen LogP contribution in [-0.4, -0.2) is 6.54 Å². The van der Waals surface area contributed by atoms with Gasteiger partial charge in [0.25, 0.3) is 0 Å². The maximum absolute atomic E-state index is 13.1. The molecule has 1 nitrogen and oxygen atoms in total. The van der Waals surface area contributed by atoms with Gasteiger partial charge in [0, 0.05) is 6.04 Å². The Balaban J connectivity index is 0.000000980. The Morgan fingerprint density at radius 3 is 2.86 bits per heavy atom. The summed E-state index contributed by atoms with van der Waals surface area (Å²) in [5.41, 5.74) is 0.888. The van der Waals surface area contributed by atoms with Gasteiger partial charge in [-0.15, -0.1) is 12.4 Å². The van der Waals surface area contributed by atoms with Gasteiger partial charge in [0.1, 0.15) is 5.82 Å². The van der Waals surface area contributed by atoms with E-state index in [4.69, 9.17) is 11.6 Å². The molecule has 4 heteroatoms. The Bertz CT molecular complexity index is 311. The van der Waals surface area contributed by atoms with E-state index in [2.05, 4.69) is 5.32 Å². The Hall–Kier alpha value is -0.310. The first-order chi connectivity index (χ1) is 6.29. The molecule has 1 aromatic carbocycles. The Morgan fingerprint density at radius 2 is 2.21 bits per heavy atom. The normalized spacial score (nSPS) is 20.6. The van der Waals surface area contributed by atoms with Gasteiger partial charge in [0.2, 0.25) is 0 Å². The molecule has 1 aliphatic heterocycles. The molecule has 1 atom stereocenters. The molecule has 0 unspecified atom stereocenters. The van der Waals surface area contributed by atoms with Crippen LogP contribution in [0, 0.1) is 5.82 Å². The summed E-state index contributed by atoms with van der Waals surface area (Å²) in [6.07, 6.45) is 2.18. The van der Waals surface area contributed by atoms with Gasteiger partial charge in [0.15, 0.2) is 0 Å². The second-order valence-corrected chi connectivity index (χ2v) is 3.67. The predicted molar refractivity (Wildman–Crippen MR) is 58.6 cm³/mol. The average Bonchev–Trinajstić information content (AvgIpc) is 2.62. The maximum Gasteiger partial charge on any atom is 0.142 e. The van der Waals surface area contributed by atoms with Gasteiger partial charge in [-0.1, -0.05) is 23.7 Å². The number of benzene rings is 1. The van der Waals surface area contributed by atoms with Crippen molar-refractivity contribution in [1.82, 2.24) is 5.32 Å². The lowest BCUT2D eigenvalue weighted by molar-refractivity contribution is 0.607. The third kappa shape index (κ3) is 2.19. The predicted octanol–water partition coefficient (Wildman–Crippen LogP) is 3.33. The first kappa shape index (κ1) is 11.8. The van der Waals surface area contributed by atoms with Gasteiger partial charge in [0.05, 0.1) is 5.02 Å². The zero-order chi connectivity index (χ0) is 9.26. The minimum atomic E-state index is -0.326. The fourth-order valence-electron chi connectivity index (χ4n) is 1.74. The zero-order valence-electron chi connectivity index (χ0n) is 7.59. The molecule has 78 valence electrons. The largest absolute Gasteiger partial charge is 0.310 e. The van der Waals surface area contributed by atoms with Gasteiger partial charge in [-0.3, -0.25) is 0 Å². The molecular weight excluding hydrogens is 224 g/mol. The van der Waals surface area contributed by atoms with Crippen molar-refractivity contribution in [1.29, 1.82) is 0 Å². The van der Waals surface area contributed by atoms with Crippen LogP contribution in [0.3, 0.4) is 0 Å². The summed E-state index contributed by atoms with van der Waals surface area (Å²) in [5.74, 6) is -0.326. The van der Waals surface area contributed by atoms with E-state index in [-0.39, 0.29) is 29.3 Å². The standard InChI is InChI=1S/C10H11ClFN.ClH/c11-10-7(3-1-4-8(10)12)9-5-2-6-13-9;/h1,3-4,9,13H,2,5-6H2;1H/t9-;/m1./s1. The van der Waals surface area contributed by atoms with Crippen LogP contribution >= 0.6 is 24.0 Å². The lowest BCUT2D eigenvalue weighted by Crippen LogP contribution is -2.13. The van der Waals surface area contributed by atoms with Gasteiger partial charge in [-0.25, -0.2) is 4.39 Å². The van der Waals surface area contributed by atoms with E-state index < -0.39 is 0 Å². The topological polar surface area (TPSA) is 12.0 Å². The number of hydrogen-bond acceptors (Lipinski definition) is 1. The van der Waals surface area contributed by atoms with Crippen molar-refractivity contribution in [3.8, 4) is 0 Å². The quantitative estimate of drug-likeness (QED) is 0.788. The van der Waals surface area contributed by atoms with E-state index in [9.17, 15) is 4.39 Å². The fourth-order valence-corrected chi connectivity index (χ4v) is 2.00. The third-order valence-corrected chi connectivity index (χ3v) is 2.82. The smallest absolute Gasteiger partial charge is 0.142 e. The molecule has 0 bridgehead atoms. The van der Waals surface area contributed by atoms with Gasteiger partial charge in [-0.05, 0) is 31.0 Å². The molecule has 0 radical (unpaired) electrons. The van der Waals surface area contributed by atoms with Crippen LogP contribution in [0.4, 0.5) is 4.39 Å². The van der Waals surface area contributed by atoms with Crippen LogP contribution in [0.2, 0.25) is 5.02 Å². The van der Waals surface area contributed by atoms with Crippen molar-refractivity contribution in [2.45, 2.75) is 18.9 Å². The van der Waals surface area contributed by atoms with Gasteiger partial charge in [-0.2, -0.15) is 0 Å². The summed E-state index contributed by atoms with van der Waals surface area (Å²) in [7, 11) is 0. The van der Waals surface area contributed by atoms with Crippen LogP contribution in [0.25, 0.3) is 0 Å². The van der Waals surface area contributed by atoms with Crippen molar-refractivity contribution in [2.75, 3.05) is 6.54 Å². The second-order valence-electron chi connectivity index (χ2n) is 3.29. The first-order valence-electron chi connectivity index (χ1n) is 4.46. The summed E-state index contributed by atoms with van der Waals surface area (Å²) in [4.78, 5) is 0. The second kappa shape index (κ2) is 4.96. The van der Waals surface area contributed by atoms with Crippen LogP contribution in [-0.2, 0) is 0 Å². The molecule has 0 aliphatic carbocycles. The van der Waals surface area contributed by atoms with E-state index in [0.717, 1.165) is 24.9 Å². The molecule has 1 aliphatic rings. The Morgan fingerprint density at radius 1 is 1.43 bits per heavy atom. The Labute approximate surface area is 94.1 Å². The highest BCUT2D eigenvalue weighted by Crippen LogP contribution is 2.30. The van der Waals surface area contributed by atoms with E-state index >= 15 is 0 Å². The molecule has 1 heterocycles. The van der Waals surface area contributed by atoms with E-state index in [0.29, 0.717) is 0 Å². The molecule has 14 heavy (non-hydrogen) atoms. The van der Waals surface area contributed by atoms with Crippen molar-refractivity contribution in [3.05, 3.63) is 34.6 Å². The summed E-state index contributed by atoms with van der Waals surface area (Å²) < 4.78 is 13.1. The van der Waals surface area contributed by atoms with Gasteiger partial charge < -0.3 is 5.32 Å². The van der Waals surface area contributed by atoms with E-state index in [1.165, 1.54) is 6.07 Å². The van der Waals surface area contributed by atoms with Crippen LogP contribution in [0.5, 0.6) is 0 Å². The lowest BCUT2D eigenvalue weighted by atomic mass is 10.1. The molecule has 0 aromatic heterocycles. The summed E-state index contributed by atoms with van der Waals surface area (Å²) >= 11 is 5.86. The number of halogens is 3. The number of nitrogens with one attached hydrogen (secondary N) is 1. The summed E-state index contributed by atoms with van der Waals surface area (Å²) in [6, 6.07) is 5.22.